The summed E-state index contributed by atoms with van der Waals surface area (Å²) in [4.78, 5) is 0.147. The normalized spacial score (nSPS) is 17.1. The predicted octanol–water partition coefficient (Wildman–Crippen LogP) is 6.12. The van der Waals surface area contributed by atoms with Crippen LogP contribution in [-0.2, 0) is 27.5 Å². The third-order valence-electron chi connectivity index (χ3n) is 6.47. The van der Waals surface area contributed by atoms with Gasteiger partial charge in [0.1, 0.15) is 4.90 Å². The third kappa shape index (κ3) is 4.25. The summed E-state index contributed by atoms with van der Waals surface area (Å²) in [6, 6.07) is 10.8. The van der Waals surface area contributed by atoms with Crippen molar-refractivity contribution in [3.8, 4) is 5.75 Å². The second-order valence-corrected chi connectivity index (χ2v) is 12.3. The van der Waals surface area contributed by atoms with E-state index in [1.165, 1.54) is 0 Å². The summed E-state index contributed by atoms with van der Waals surface area (Å²) in [5.41, 5.74) is 3.69. The summed E-state index contributed by atoms with van der Waals surface area (Å²) >= 11 is 3.70. The summed E-state index contributed by atoms with van der Waals surface area (Å²) in [6.07, 6.45) is 5.59. The van der Waals surface area contributed by atoms with Gasteiger partial charge in [0.15, 0.2) is 5.75 Å². The van der Waals surface area contributed by atoms with Crippen molar-refractivity contribution in [2.75, 3.05) is 0 Å². The highest BCUT2D eigenvalue weighted by Gasteiger charge is 2.41. The Morgan fingerprint density at radius 1 is 1.09 bits per heavy atom. The van der Waals surface area contributed by atoms with Crippen LogP contribution in [0.1, 0.15) is 62.8 Å². The Hall–Kier alpha value is -2.12. The van der Waals surface area contributed by atoms with Gasteiger partial charge in [0.25, 0.3) is 0 Å². The standard InChI is InChI=1S/C25H29BrN2O3S/c1-17-7-9-19(10-8-17)32(29,30)31-23-21-20(24(2,3)11-12-25(21,4)5)15-18(22(23)26)16-28-14-6-13-27-28/h6-10,13-15H,11-12,16H2,1-5H3. The minimum absolute atomic E-state index is 0.101. The molecule has 32 heavy (non-hydrogen) atoms. The summed E-state index contributed by atoms with van der Waals surface area (Å²) in [5, 5.41) is 4.33. The lowest BCUT2D eigenvalue weighted by atomic mass is 9.62. The van der Waals surface area contributed by atoms with Crippen molar-refractivity contribution >= 4 is 26.0 Å². The van der Waals surface area contributed by atoms with Gasteiger partial charge in [-0.2, -0.15) is 13.5 Å². The highest BCUT2D eigenvalue weighted by atomic mass is 79.9. The topological polar surface area (TPSA) is 61.2 Å². The van der Waals surface area contributed by atoms with E-state index < -0.39 is 10.1 Å². The van der Waals surface area contributed by atoms with Crippen LogP contribution in [0.15, 0.2) is 58.2 Å². The first-order valence-corrected chi connectivity index (χ1v) is 13.0. The number of aryl methyl sites for hydroxylation is 1. The maximum absolute atomic E-state index is 13.3. The van der Waals surface area contributed by atoms with Crippen LogP contribution in [0.2, 0.25) is 0 Å². The van der Waals surface area contributed by atoms with Crippen molar-refractivity contribution in [1.82, 2.24) is 9.78 Å². The first-order chi connectivity index (χ1) is 14.9. The zero-order valence-electron chi connectivity index (χ0n) is 19.1. The molecule has 0 saturated heterocycles. The van der Waals surface area contributed by atoms with Gasteiger partial charge in [-0.25, -0.2) is 0 Å². The molecule has 1 aliphatic rings. The van der Waals surface area contributed by atoms with Crippen LogP contribution in [0.5, 0.6) is 5.75 Å². The van der Waals surface area contributed by atoms with Gasteiger partial charge in [-0.15, -0.1) is 0 Å². The van der Waals surface area contributed by atoms with Crippen molar-refractivity contribution in [3.05, 3.63) is 75.5 Å². The zero-order chi connectivity index (χ0) is 23.3. The molecule has 3 aromatic rings. The highest BCUT2D eigenvalue weighted by Crippen LogP contribution is 2.53. The maximum atomic E-state index is 13.3. The number of hydrogen-bond donors (Lipinski definition) is 0. The van der Waals surface area contributed by atoms with E-state index in [1.54, 1.807) is 30.5 Å². The molecule has 1 aliphatic carbocycles. The van der Waals surface area contributed by atoms with Crippen LogP contribution in [0.25, 0.3) is 0 Å². The Labute approximate surface area is 199 Å². The molecule has 5 nitrogen and oxygen atoms in total. The van der Waals surface area contributed by atoms with Crippen LogP contribution in [0.4, 0.5) is 0 Å². The molecule has 2 aromatic carbocycles. The van der Waals surface area contributed by atoms with Gasteiger partial charge in [-0.3, -0.25) is 4.68 Å². The average molecular weight is 517 g/mol. The minimum Gasteiger partial charge on any atom is -0.377 e. The van der Waals surface area contributed by atoms with Gasteiger partial charge in [0, 0.05) is 18.0 Å². The quantitative estimate of drug-likeness (QED) is 0.383. The molecule has 0 fully saturated rings. The fourth-order valence-corrected chi connectivity index (χ4v) is 5.98. The smallest absolute Gasteiger partial charge is 0.339 e. The van der Waals surface area contributed by atoms with E-state index in [0.29, 0.717) is 16.8 Å². The number of aromatic nitrogens is 2. The first kappa shape index (κ1) is 23.1. The monoisotopic (exact) mass is 516 g/mol. The average Bonchev–Trinajstić information content (AvgIpc) is 3.22. The SMILES string of the molecule is Cc1ccc(S(=O)(=O)Oc2c(Br)c(Cn3cccn3)cc3c2C(C)(C)CCC3(C)C)cc1. The van der Waals surface area contributed by atoms with Crippen LogP contribution in [0.3, 0.4) is 0 Å². The number of rotatable bonds is 5. The van der Waals surface area contributed by atoms with Crippen molar-refractivity contribution in [1.29, 1.82) is 0 Å². The molecule has 0 aliphatic heterocycles. The van der Waals surface area contributed by atoms with Crippen LogP contribution in [0, 0.1) is 6.92 Å². The first-order valence-electron chi connectivity index (χ1n) is 10.8. The highest BCUT2D eigenvalue weighted by molar-refractivity contribution is 9.10. The third-order valence-corrected chi connectivity index (χ3v) is 8.58. The van der Waals surface area contributed by atoms with Gasteiger partial charge in [-0.05, 0) is 75.9 Å². The lowest BCUT2D eigenvalue weighted by Crippen LogP contribution is -2.35. The molecule has 4 rings (SSSR count). The Bertz CT molecular complexity index is 1250. The molecule has 170 valence electrons. The van der Waals surface area contributed by atoms with Crippen LogP contribution < -0.4 is 4.18 Å². The van der Waals surface area contributed by atoms with Crippen LogP contribution >= 0.6 is 15.9 Å². The Morgan fingerprint density at radius 2 is 1.75 bits per heavy atom. The number of halogens is 1. The second-order valence-electron chi connectivity index (χ2n) is 9.92. The van der Waals surface area contributed by atoms with Gasteiger partial charge < -0.3 is 4.18 Å². The summed E-state index contributed by atoms with van der Waals surface area (Å²) in [7, 11) is -4.00. The van der Waals surface area contributed by atoms with E-state index >= 15 is 0 Å². The lowest BCUT2D eigenvalue weighted by Gasteiger charge is -2.43. The largest absolute Gasteiger partial charge is 0.377 e. The predicted molar refractivity (Wildman–Crippen MR) is 130 cm³/mol. The molecule has 0 bridgehead atoms. The van der Waals surface area contributed by atoms with Gasteiger partial charge in [-0.1, -0.05) is 51.5 Å². The van der Waals surface area contributed by atoms with Crippen LogP contribution in [-0.4, -0.2) is 18.2 Å². The summed E-state index contributed by atoms with van der Waals surface area (Å²) in [5.74, 6) is 0.392. The Kier molecular flexibility index (Phi) is 5.78. The molecular weight excluding hydrogens is 488 g/mol. The molecule has 1 aromatic heterocycles. The fourth-order valence-electron chi connectivity index (χ4n) is 4.40. The van der Waals surface area contributed by atoms with E-state index in [-0.39, 0.29) is 15.7 Å². The molecule has 0 saturated carbocycles. The molecule has 7 heteroatoms. The van der Waals surface area contributed by atoms with Gasteiger partial charge in [0.05, 0.1) is 11.0 Å². The van der Waals surface area contributed by atoms with Gasteiger partial charge >= 0.3 is 10.1 Å². The van der Waals surface area contributed by atoms with E-state index in [9.17, 15) is 8.42 Å². The molecule has 0 spiro atoms. The summed E-state index contributed by atoms with van der Waals surface area (Å²) in [6.45, 7) is 11.2. The zero-order valence-corrected chi connectivity index (χ0v) is 21.5. The van der Waals surface area contributed by atoms with E-state index in [1.807, 2.05) is 23.9 Å². The molecule has 0 unspecified atom stereocenters. The number of fused-ring (bicyclic) bond motifs is 1. The lowest BCUT2D eigenvalue weighted by molar-refractivity contribution is 0.323. The molecule has 0 radical (unpaired) electrons. The second kappa shape index (κ2) is 8.03. The molecular formula is C25H29BrN2O3S. The Morgan fingerprint density at radius 3 is 2.38 bits per heavy atom. The molecule has 0 N–H and O–H groups in total. The van der Waals surface area contributed by atoms with Crippen molar-refractivity contribution < 1.29 is 12.6 Å². The number of nitrogens with zero attached hydrogens (tertiary/aromatic N) is 2. The Balaban J connectivity index is 1.92. The fraction of sp³-hybridized carbons (Fsp3) is 0.400. The minimum atomic E-state index is -4.00. The number of benzene rings is 2. The molecule has 0 amide bonds. The van der Waals surface area contributed by atoms with E-state index in [4.69, 9.17) is 4.18 Å². The van der Waals surface area contributed by atoms with Crippen molar-refractivity contribution in [3.63, 3.8) is 0 Å². The van der Waals surface area contributed by atoms with Crippen molar-refractivity contribution in [2.24, 2.45) is 0 Å². The maximum Gasteiger partial charge on any atom is 0.339 e. The van der Waals surface area contributed by atoms with E-state index in [0.717, 1.165) is 35.1 Å². The molecule has 0 atom stereocenters. The van der Waals surface area contributed by atoms with Gasteiger partial charge in [0.2, 0.25) is 0 Å². The van der Waals surface area contributed by atoms with E-state index in [2.05, 4.69) is 54.8 Å². The molecule has 1 heterocycles. The summed E-state index contributed by atoms with van der Waals surface area (Å²) < 4.78 is 35.0. The number of hydrogen-bond acceptors (Lipinski definition) is 4. The van der Waals surface area contributed by atoms with Crippen molar-refractivity contribution in [2.45, 2.75) is 69.7 Å².